The minimum Gasteiger partial charge on any atom is -0.381 e. The van der Waals surface area contributed by atoms with E-state index in [9.17, 15) is 4.79 Å². The number of nitrogens with two attached hydrogens (primary N) is 1. The van der Waals surface area contributed by atoms with E-state index in [1.165, 1.54) is 23.1 Å². The zero-order valence-electron chi connectivity index (χ0n) is 9.16. The normalized spacial score (nSPS) is 11.5. The first-order chi connectivity index (χ1) is 6.84. The third-order valence-electron chi connectivity index (χ3n) is 1.64. The van der Waals surface area contributed by atoms with Gasteiger partial charge in [-0.15, -0.1) is 11.8 Å². The average molecular weight is 246 g/mol. The van der Waals surface area contributed by atoms with E-state index in [2.05, 4.69) is 25.8 Å². The van der Waals surface area contributed by atoms with Crippen LogP contribution in [0.3, 0.4) is 0 Å². The van der Waals surface area contributed by atoms with E-state index in [-0.39, 0.29) is 5.41 Å². The number of hydrogen-bond acceptors (Lipinski definition) is 5. The maximum absolute atomic E-state index is 10.6. The Hall–Kier alpha value is -0.750. The van der Waals surface area contributed by atoms with Crippen LogP contribution in [0, 0.1) is 0 Å². The summed E-state index contributed by atoms with van der Waals surface area (Å²) in [5.41, 5.74) is 4.93. The monoisotopic (exact) mass is 246 g/mol. The van der Waals surface area contributed by atoms with Crippen LogP contribution in [-0.2, 0) is 5.41 Å². The Balaban J connectivity index is 3.06. The van der Waals surface area contributed by atoms with Crippen LogP contribution < -0.4 is 10.5 Å². The van der Waals surface area contributed by atoms with Gasteiger partial charge in [0, 0.05) is 4.88 Å². The first kappa shape index (κ1) is 12.3. The number of primary amides is 1. The number of thiazole rings is 1. The van der Waals surface area contributed by atoms with E-state index in [1.807, 2.05) is 6.26 Å². The van der Waals surface area contributed by atoms with E-state index in [0.717, 1.165) is 9.90 Å². The summed E-state index contributed by atoms with van der Waals surface area (Å²) in [4.78, 5) is 15.9. The van der Waals surface area contributed by atoms with E-state index in [1.54, 1.807) is 0 Å². The minimum atomic E-state index is -0.822. The zero-order chi connectivity index (χ0) is 11.6. The molecule has 0 fully saturated rings. The minimum absolute atomic E-state index is 0.00470. The number of amides is 1. The molecule has 2 N–H and O–H groups in total. The Kier molecular flexibility index (Phi) is 3.62. The highest BCUT2D eigenvalue weighted by Crippen LogP contribution is 2.38. The van der Waals surface area contributed by atoms with Gasteiger partial charge in [0.05, 0.1) is 0 Å². The molecular formula is C9H14N2O2S2. The van der Waals surface area contributed by atoms with Gasteiger partial charge in [-0.05, 0) is 11.7 Å². The highest BCUT2D eigenvalue weighted by molar-refractivity contribution is 7.98. The number of rotatable bonds is 2. The van der Waals surface area contributed by atoms with Crippen LogP contribution in [0.4, 0.5) is 4.79 Å². The molecule has 0 saturated heterocycles. The molecule has 1 heterocycles. The van der Waals surface area contributed by atoms with E-state index < -0.39 is 6.09 Å². The van der Waals surface area contributed by atoms with Crippen LogP contribution in [0.5, 0.6) is 5.19 Å². The molecule has 4 nitrogen and oxygen atoms in total. The number of ether oxygens (including phenoxy) is 1. The first-order valence-corrected chi connectivity index (χ1v) is 6.41. The fourth-order valence-electron chi connectivity index (χ4n) is 1.03. The van der Waals surface area contributed by atoms with Crippen LogP contribution in [0.1, 0.15) is 25.6 Å². The van der Waals surface area contributed by atoms with Gasteiger partial charge >= 0.3 is 6.09 Å². The standard InChI is InChI=1S/C9H14N2O2S2/c1-9(2,3)5-6(14-4)11-8(15-5)13-7(10)12/h1-4H3,(H2,10,12). The summed E-state index contributed by atoms with van der Waals surface area (Å²) in [6.45, 7) is 6.27. The molecule has 0 aliphatic heterocycles. The molecule has 0 aliphatic carbocycles. The summed E-state index contributed by atoms with van der Waals surface area (Å²) in [7, 11) is 0. The molecular weight excluding hydrogens is 232 g/mol. The second-order valence-electron chi connectivity index (χ2n) is 3.99. The van der Waals surface area contributed by atoms with Crippen molar-refractivity contribution in [3.63, 3.8) is 0 Å². The first-order valence-electron chi connectivity index (χ1n) is 4.37. The molecule has 1 amide bonds. The van der Waals surface area contributed by atoms with Crippen molar-refractivity contribution in [2.45, 2.75) is 31.2 Å². The molecule has 15 heavy (non-hydrogen) atoms. The molecule has 1 aromatic heterocycles. The van der Waals surface area contributed by atoms with Crippen molar-refractivity contribution < 1.29 is 9.53 Å². The fraction of sp³-hybridized carbons (Fsp3) is 0.556. The third-order valence-corrected chi connectivity index (χ3v) is 3.81. The Morgan fingerprint density at radius 2 is 2.13 bits per heavy atom. The Morgan fingerprint density at radius 1 is 1.53 bits per heavy atom. The topological polar surface area (TPSA) is 65.2 Å². The fourth-order valence-corrected chi connectivity index (χ4v) is 3.00. The molecule has 0 spiro atoms. The van der Waals surface area contributed by atoms with Crippen molar-refractivity contribution in [1.82, 2.24) is 4.98 Å². The van der Waals surface area contributed by atoms with E-state index in [4.69, 9.17) is 10.5 Å². The number of hydrogen-bond donors (Lipinski definition) is 1. The molecule has 0 atom stereocenters. The number of nitrogens with zero attached hydrogens (tertiary/aromatic N) is 1. The summed E-state index contributed by atoms with van der Waals surface area (Å²) in [5.74, 6) is 0. The molecule has 1 rings (SSSR count). The molecule has 0 aromatic carbocycles. The quantitative estimate of drug-likeness (QED) is 0.815. The maximum Gasteiger partial charge on any atom is 0.411 e. The molecule has 0 radical (unpaired) electrons. The Bertz CT molecular complexity index is 369. The zero-order valence-corrected chi connectivity index (χ0v) is 10.8. The van der Waals surface area contributed by atoms with Gasteiger partial charge in [0.2, 0.25) is 0 Å². The predicted octanol–water partition coefficient (Wildman–Crippen LogP) is 2.62. The smallest absolute Gasteiger partial charge is 0.381 e. The van der Waals surface area contributed by atoms with E-state index >= 15 is 0 Å². The van der Waals surface area contributed by atoms with Crippen LogP contribution >= 0.6 is 23.1 Å². The highest BCUT2D eigenvalue weighted by atomic mass is 32.2. The highest BCUT2D eigenvalue weighted by Gasteiger charge is 2.23. The van der Waals surface area contributed by atoms with E-state index in [0.29, 0.717) is 5.19 Å². The molecule has 0 aliphatic rings. The van der Waals surface area contributed by atoms with Gasteiger partial charge in [-0.2, -0.15) is 4.98 Å². The molecule has 0 unspecified atom stereocenters. The lowest BCUT2D eigenvalue weighted by molar-refractivity contribution is 0.210. The second kappa shape index (κ2) is 4.40. The van der Waals surface area contributed by atoms with Crippen LogP contribution in [0.25, 0.3) is 0 Å². The van der Waals surface area contributed by atoms with Crippen molar-refractivity contribution in [2.24, 2.45) is 5.73 Å². The van der Waals surface area contributed by atoms with Gasteiger partial charge < -0.3 is 10.5 Å². The van der Waals surface area contributed by atoms with Gasteiger partial charge in [0.15, 0.2) is 0 Å². The van der Waals surface area contributed by atoms with Crippen LogP contribution in [0.2, 0.25) is 0 Å². The number of carbonyl (C=O) groups excluding carboxylic acids is 1. The molecule has 0 saturated carbocycles. The molecule has 6 heteroatoms. The van der Waals surface area contributed by atoms with Crippen LogP contribution in [-0.4, -0.2) is 17.3 Å². The van der Waals surface area contributed by atoms with Crippen LogP contribution in [0.15, 0.2) is 5.03 Å². The molecule has 1 aromatic rings. The van der Waals surface area contributed by atoms with Gasteiger partial charge in [-0.25, -0.2) is 4.79 Å². The lowest BCUT2D eigenvalue weighted by Crippen LogP contribution is -2.15. The van der Waals surface area contributed by atoms with Gasteiger partial charge in [-0.3, -0.25) is 0 Å². The lowest BCUT2D eigenvalue weighted by atomic mass is 9.95. The maximum atomic E-state index is 10.6. The average Bonchev–Trinajstić information content (AvgIpc) is 2.45. The Labute approximate surface area is 97.2 Å². The lowest BCUT2D eigenvalue weighted by Gasteiger charge is -2.16. The molecule has 84 valence electrons. The number of carbonyl (C=O) groups is 1. The van der Waals surface area contributed by atoms with Gasteiger partial charge in [0.1, 0.15) is 5.03 Å². The van der Waals surface area contributed by atoms with Gasteiger partial charge in [0.25, 0.3) is 5.19 Å². The summed E-state index contributed by atoms with van der Waals surface area (Å²) in [5, 5.41) is 1.21. The number of aromatic nitrogens is 1. The summed E-state index contributed by atoms with van der Waals surface area (Å²) in [6, 6.07) is 0. The van der Waals surface area contributed by atoms with Gasteiger partial charge in [-0.1, -0.05) is 32.1 Å². The van der Waals surface area contributed by atoms with Crippen molar-refractivity contribution in [2.75, 3.05) is 6.26 Å². The molecule has 0 bridgehead atoms. The predicted molar refractivity (Wildman–Crippen MR) is 62.8 cm³/mol. The summed E-state index contributed by atoms with van der Waals surface area (Å²) >= 11 is 2.90. The van der Waals surface area contributed by atoms with Crippen molar-refractivity contribution in [3.8, 4) is 5.19 Å². The van der Waals surface area contributed by atoms with Crippen molar-refractivity contribution in [1.29, 1.82) is 0 Å². The summed E-state index contributed by atoms with van der Waals surface area (Å²) in [6.07, 6.45) is 1.12. The summed E-state index contributed by atoms with van der Waals surface area (Å²) < 4.78 is 4.77. The third kappa shape index (κ3) is 3.10. The van der Waals surface area contributed by atoms with Crippen molar-refractivity contribution in [3.05, 3.63) is 4.88 Å². The largest absolute Gasteiger partial charge is 0.411 e. The van der Waals surface area contributed by atoms with Crippen molar-refractivity contribution >= 4 is 29.2 Å². The SMILES string of the molecule is CSc1nc(OC(N)=O)sc1C(C)(C)C. The second-order valence-corrected chi connectivity index (χ2v) is 5.75. The Morgan fingerprint density at radius 3 is 2.47 bits per heavy atom. The number of thioether (sulfide) groups is 1.